The van der Waals surface area contributed by atoms with E-state index in [4.69, 9.17) is 14.7 Å². The normalized spacial score (nSPS) is 12.8. The molecule has 32 heavy (non-hydrogen) atoms. The molecule has 0 aromatic heterocycles. The highest BCUT2D eigenvalue weighted by Crippen LogP contribution is 2.33. The highest BCUT2D eigenvalue weighted by atomic mass is 32.2. The highest BCUT2D eigenvalue weighted by molar-refractivity contribution is 8.14. The predicted octanol–water partition coefficient (Wildman–Crippen LogP) is 6.07. The molecule has 162 valence electrons. The van der Waals surface area contributed by atoms with E-state index in [-0.39, 0.29) is 17.5 Å². The Labute approximate surface area is 190 Å². The second kappa shape index (κ2) is 9.78. The van der Waals surface area contributed by atoms with Crippen molar-refractivity contribution >= 4 is 45.5 Å². The number of aryl methyl sites for hydroxylation is 1. The lowest BCUT2D eigenvalue weighted by Gasteiger charge is -2.09. The lowest BCUT2D eigenvalue weighted by Crippen LogP contribution is -2.16. The van der Waals surface area contributed by atoms with Crippen molar-refractivity contribution < 1.29 is 13.9 Å². The van der Waals surface area contributed by atoms with Gasteiger partial charge in [-0.15, -0.1) is 11.8 Å². The first-order valence-corrected chi connectivity index (χ1v) is 11.1. The molecule has 7 heteroatoms. The Balaban J connectivity index is 1.53. The molecular formula is C25H22FN3O2S. The van der Waals surface area contributed by atoms with Crippen molar-refractivity contribution in [2.75, 3.05) is 18.2 Å². The number of amides is 1. The fourth-order valence-electron chi connectivity index (χ4n) is 3.22. The van der Waals surface area contributed by atoms with Gasteiger partial charge in [0.1, 0.15) is 11.6 Å². The number of methoxy groups -OCH3 is 1. The summed E-state index contributed by atoms with van der Waals surface area (Å²) in [5.74, 6) is 0.332. The average Bonchev–Trinajstić information content (AvgIpc) is 2.99. The van der Waals surface area contributed by atoms with Crippen LogP contribution in [0.25, 0.3) is 0 Å². The molecule has 1 aliphatic heterocycles. The Morgan fingerprint density at radius 2 is 1.84 bits per heavy atom. The molecule has 4 rings (SSSR count). The first kappa shape index (κ1) is 21.8. The lowest BCUT2D eigenvalue weighted by atomic mass is 10.1. The number of ether oxygens (including phenoxy) is 1. The van der Waals surface area contributed by atoms with Crippen molar-refractivity contribution in [2.24, 2.45) is 9.98 Å². The number of nitrogens with one attached hydrogen (secondary N) is 1. The SMILES string of the molecule is COc1cccc(C2=Nc3ccccc3N=C(SCC(=O)Nc3ccc(C)c(F)c3)C2)c1. The summed E-state index contributed by atoms with van der Waals surface area (Å²) in [5, 5.41) is 3.52. The topological polar surface area (TPSA) is 63.1 Å². The van der Waals surface area contributed by atoms with Gasteiger partial charge in [-0.1, -0.05) is 30.3 Å². The number of fused-ring (bicyclic) bond motifs is 1. The van der Waals surface area contributed by atoms with Gasteiger partial charge in [-0.3, -0.25) is 9.79 Å². The molecule has 1 aliphatic rings. The molecular weight excluding hydrogens is 425 g/mol. The van der Waals surface area contributed by atoms with Gasteiger partial charge in [-0.25, -0.2) is 9.38 Å². The van der Waals surface area contributed by atoms with Gasteiger partial charge in [0.05, 0.1) is 35.0 Å². The number of rotatable bonds is 5. The summed E-state index contributed by atoms with van der Waals surface area (Å²) in [6.45, 7) is 1.68. The second-order valence-corrected chi connectivity index (χ2v) is 8.31. The van der Waals surface area contributed by atoms with Crippen molar-refractivity contribution in [3.8, 4) is 5.75 Å². The largest absolute Gasteiger partial charge is 0.497 e. The molecule has 3 aromatic carbocycles. The Morgan fingerprint density at radius 1 is 1.06 bits per heavy atom. The minimum atomic E-state index is -0.348. The predicted molar refractivity (Wildman–Crippen MR) is 130 cm³/mol. The molecule has 0 radical (unpaired) electrons. The van der Waals surface area contributed by atoms with E-state index in [1.165, 1.54) is 17.8 Å². The van der Waals surface area contributed by atoms with Crippen LogP contribution in [0.1, 0.15) is 17.5 Å². The minimum Gasteiger partial charge on any atom is -0.497 e. The summed E-state index contributed by atoms with van der Waals surface area (Å²) in [6, 6.07) is 20.0. The van der Waals surface area contributed by atoms with E-state index < -0.39 is 0 Å². The molecule has 3 aromatic rings. The molecule has 0 atom stereocenters. The molecule has 5 nitrogen and oxygen atoms in total. The van der Waals surface area contributed by atoms with Crippen LogP contribution in [0.4, 0.5) is 21.5 Å². The second-order valence-electron chi connectivity index (χ2n) is 7.26. The van der Waals surface area contributed by atoms with Gasteiger partial charge in [0.15, 0.2) is 0 Å². The molecule has 0 spiro atoms. The van der Waals surface area contributed by atoms with Crippen LogP contribution in [-0.2, 0) is 4.79 Å². The highest BCUT2D eigenvalue weighted by Gasteiger charge is 2.17. The Hall–Kier alpha value is -3.45. The molecule has 0 bridgehead atoms. The van der Waals surface area contributed by atoms with E-state index in [1.807, 2.05) is 48.5 Å². The van der Waals surface area contributed by atoms with Crippen LogP contribution in [0.3, 0.4) is 0 Å². The Kier molecular flexibility index (Phi) is 6.66. The molecule has 0 unspecified atom stereocenters. The van der Waals surface area contributed by atoms with Gasteiger partial charge in [-0.05, 0) is 48.9 Å². The van der Waals surface area contributed by atoms with Crippen LogP contribution in [0, 0.1) is 12.7 Å². The van der Waals surface area contributed by atoms with Gasteiger partial charge in [-0.2, -0.15) is 0 Å². The number of para-hydroxylation sites is 2. The van der Waals surface area contributed by atoms with Crippen LogP contribution >= 0.6 is 11.8 Å². The van der Waals surface area contributed by atoms with Crippen LogP contribution in [0.5, 0.6) is 5.75 Å². The third-order valence-electron chi connectivity index (χ3n) is 4.93. The van der Waals surface area contributed by atoms with Crippen LogP contribution in [0.2, 0.25) is 0 Å². The van der Waals surface area contributed by atoms with Gasteiger partial charge in [0, 0.05) is 17.7 Å². The fourth-order valence-corrected chi connectivity index (χ4v) is 4.00. The van der Waals surface area contributed by atoms with Crippen molar-refractivity contribution in [3.63, 3.8) is 0 Å². The number of aliphatic imine (C=N–C) groups is 2. The van der Waals surface area contributed by atoms with Gasteiger partial charge in [0.2, 0.25) is 5.91 Å². The number of hydrogen-bond acceptors (Lipinski definition) is 5. The number of carbonyl (C=O) groups excluding carboxylic acids is 1. The number of benzene rings is 3. The number of anilines is 1. The zero-order valence-corrected chi connectivity index (χ0v) is 18.6. The number of nitrogens with zero attached hydrogens (tertiary/aromatic N) is 2. The molecule has 0 saturated carbocycles. The zero-order valence-electron chi connectivity index (χ0n) is 17.8. The van der Waals surface area contributed by atoms with E-state index in [0.29, 0.717) is 17.7 Å². The summed E-state index contributed by atoms with van der Waals surface area (Å²) in [4.78, 5) is 22.1. The van der Waals surface area contributed by atoms with E-state index in [2.05, 4.69) is 5.32 Å². The number of carbonyl (C=O) groups is 1. The van der Waals surface area contributed by atoms with E-state index >= 15 is 0 Å². The Morgan fingerprint density at radius 3 is 2.59 bits per heavy atom. The molecule has 1 amide bonds. The molecule has 1 heterocycles. The van der Waals surface area contributed by atoms with Crippen molar-refractivity contribution in [1.82, 2.24) is 0 Å². The lowest BCUT2D eigenvalue weighted by molar-refractivity contribution is -0.113. The Bertz CT molecular complexity index is 1220. The first-order valence-electron chi connectivity index (χ1n) is 10.1. The average molecular weight is 448 g/mol. The molecule has 0 saturated heterocycles. The van der Waals surface area contributed by atoms with Crippen molar-refractivity contribution in [2.45, 2.75) is 13.3 Å². The van der Waals surface area contributed by atoms with E-state index in [1.54, 1.807) is 26.2 Å². The number of hydrogen-bond donors (Lipinski definition) is 1. The van der Waals surface area contributed by atoms with Crippen LogP contribution in [-0.4, -0.2) is 29.5 Å². The van der Waals surface area contributed by atoms with Gasteiger partial charge in [0.25, 0.3) is 0 Å². The summed E-state index contributed by atoms with van der Waals surface area (Å²) in [7, 11) is 1.63. The third kappa shape index (κ3) is 5.23. The number of thioether (sulfide) groups is 1. The van der Waals surface area contributed by atoms with Gasteiger partial charge < -0.3 is 10.1 Å². The summed E-state index contributed by atoms with van der Waals surface area (Å²) in [5.41, 5.74) is 4.29. The minimum absolute atomic E-state index is 0.155. The molecule has 1 N–H and O–H groups in total. The van der Waals surface area contributed by atoms with Gasteiger partial charge >= 0.3 is 0 Å². The fraction of sp³-hybridized carbons (Fsp3) is 0.160. The van der Waals surface area contributed by atoms with Crippen LogP contribution < -0.4 is 10.1 Å². The zero-order chi connectivity index (χ0) is 22.5. The smallest absolute Gasteiger partial charge is 0.234 e. The van der Waals surface area contributed by atoms with Crippen molar-refractivity contribution in [3.05, 3.63) is 83.7 Å². The number of halogens is 1. The van der Waals surface area contributed by atoms with E-state index in [9.17, 15) is 9.18 Å². The first-order chi connectivity index (χ1) is 15.5. The summed E-state index contributed by atoms with van der Waals surface area (Å²) < 4.78 is 19.1. The molecule has 0 aliphatic carbocycles. The maximum atomic E-state index is 13.8. The maximum Gasteiger partial charge on any atom is 0.234 e. The van der Waals surface area contributed by atoms with Crippen molar-refractivity contribution in [1.29, 1.82) is 0 Å². The standard InChI is InChI=1S/C25H22FN3O2S/c1-16-10-11-18(13-20(16)26)27-24(30)15-32-25-14-23(17-6-5-7-19(12-17)31-2)28-21-8-3-4-9-22(21)29-25/h3-13H,14-15H2,1-2H3,(H,27,30). The summed E-state index contributed by atoms with van der Waals surface area (Å²) in [6.07, 6.45) is 0.485. The quantitative estimate of drug-likeness (QED) is 0.516. The molecule has 0 fully saturated rings. The monoisotopic (exact) mass is 447 g/mol. The maximum absolute atomic E-state index is 13.8. The third-order valence-corrected chi connectivity index (χ3v) is 5.90. The summed E-state index contributed by atoms with van der Waals surface area (Å²) >= 11 is 1.35. The van der Waals surface area contributed by atoms with E-state index in [0.717, 1.165) is 33.4 Å². The van der Waals surface area contributed by atoms with Crippen LogP contribution in [0.15, 0.2) is 76.7 Å².